The van der Waals surface area contributed by atoms with Crippen LogP contribution in [-0.2, 0) is 0 Å². The molecule has 16 valence electrons. The smallest absolute Gasteiger partial charge is 0.316 e. The van der Waals surface area contributed by atoms with Crippen LogP contribution in [-0.4, -0.2) is 122 Å². The second-order valence-electron chi connectivity index (χ2n) is 0. The van der Waals surface area contributed by atoms with Gasteiger partial charge in [0, 0.05) is 0 Å². The number of hydrogen-bond donors (Lipinski definition) is 0. The molecule has 0 aliphatic carbocycles. The summed E-state index contributed by atoms with van der Waals surface area (Å²) in [5.41, 5.74) is 0. The Bertz CT molecular complexity index is 4.00. The molecule has 0 saturated heterocycles. The maximum absolute atomic E-state index is 0. The van der Waals surface area contributed by atoms with Crippen LogP contribution in [0.3, 0.4) is 0 Å². The molecule has 0 aliphatic heterocycles. The Labute approximate surface area is 118 Å². The van der Waals surface area contributed by atoms with Gasteiger partial charge >= 0.3 is 122 Å². The minimum absolute atomic E-state index is 0. The Balaban J connectivity index is 0. The Morgan fingerprint density at radius 2 is 0.500 bits per heavy atom. The molecule has 0 radical (unpaired) electrons. The summed E-state index contributed by atoms with van der Waals surface area (Å²) in [6.07, 6.45) is 0. The first-order valence-corrected chi connectivity index (χ1v) is 0. The molecule has 0 rings (SSSR count). The molecule has 0 heterocycles. The van der Waals surface area contributed by atoms with Crippen LogP contribution in [0.4, 0.5) is 0 Å². The summed E-state index contributed by atoms with van der Waals surface area (Å²) in [7, 11) is 0. The second-order valence-corrected chi connectivity index (χ2v) is 0. The summed E-state index contributed by atoms with van der Waals surface area (Å²) in [6.45, 7) is 0. The third-order valence-electron chi connectivity index (χ3n) is 0. The van der Waals surface area contributed by atoms with Crippen LogP contribution < -0.4 is 0 Å². The molecular formula is H8Ca2Mg2. The summed E-state index contributed by atoms with van der Waals surface area (Å²) in [4.78, 5) is 0. The molecule has 0 aliphatic rings. The van der Waals surface area contributed by atoms with Crippen LogP contribution in [0.2, 0.25) is 0 Å². The first-order valence-electron chi connectivity index (χ1n) is 0. The van der Waals surface area contributed by atoms with Crippen LogP contribution >= 0.6 is 0 Å². The van der Waals surface area contributed by atoms with Gasteiger partial charge in [0.1, 0.15) is 0 Å². The summed E-state index contributed by atoms with van der Waals surface area (Å²) < 4.78 is 0. The van der Waals surface area contributed by atoms with Crippen molar-refractivity contribution < 1.29 is 0 Å². The van der Waals surface area contributed by atoms with Gasteiger partial charge in [-0.3, -0.25) is 0 Å². The second kappa shape index (κ2) is 15.7. The van der Waals surface area contributed by atoms with E-state index in [1.54, 1.807) is 0 Å². The zero-order chi connectivity index (χ0) is 0. The van der Waals surface area contributed by atoms with E-state index in [-0.39, 0.29) is 122 Å². The maximum atomic E-state index is 0. The standard InChI is InChI=1S/2Ca.2Mg.8H. The van der Waals surface area contributed by atoms with Crippen molar-refractivity contribution in [3.05, 3.63) is 0 Å². The van der Waals surface area contributed by atoms with Crippen molar-refractivity contribution in [3.63, 3.8) is 0 Å². The Hall–Kier alpha value is 4.05. The fraction of sp³-hybridized carbons (Fsp3) is 0. The van der Waals surface area contributed by atoms with E-state index in [1.165, 1.54) is 0 Å². The van der Waals surface area contributed by atoms with E-state index >= 15 is 0 Å². The predicted molar refractivity (Wildman–Crippen MR) is 34.2 cm³/mol. The first-order chi connectivity index (χ1) is 0. The minimum atomic E-state index is 0. The summed E-state index contributed by atoms with van der Waals surface area (Å²) in [6, 6.07) is 0. The number of rotatable bonds is 0. The Morgan fingerprint density at radius 1 is 0.500 bits per heavy atom. The molecular weight excluding hydrogens is 129 g/mol. The molecule has 0 atom stereocenters. The third kappa shape index (κ3) is 9.41. The molecule has 0 spiro atoms. The number of hydrogen-bond acceptors (Lipinski definition) is 0. The van der Waals surface area contributed by atoms with Crippen molar-refractivity contribution in [2.45, 2.75) is 0 Å². The van der Waals surface area contributed by atoms with Gasteiger partial charge in [-0.05, 0) is 0 Å². The average Bonchev–Trinajstić information content (AvgIpc) is 0. The monoisotopic (exact) mass is 136 g/mol. The Kier molecular flexibility index (Phi) is 95.9. The SMILES string of the molecule is [CaH2].[CaH2].[MgH2].[MgH2]. The van der Waals surface area contributed by atoms with Gasteiger partial charge in [0.25, 0.3) is 0 Å². The molecule has 0 unspecified atom stereocenters. The molecule has 4 heteroatoms. The van der Waals surface area contributed by atoms with Gasteiger partial charge in [-0.1, -0.05) is 0 Å². The van der Waals surface area contributed by atoms with Crippen molar-refractivity contribution in [2.75, 3.05) is 0 Å². The van der Waals surface area contributed by atoms with Crippen molar-refractivity contribution in [3.8, 4) is 0 Å². The summed E-state index contributed by atoms with van der Waals surface area (Å²) in [5, 5.41) is 0. The summed E-state index contributed by atoms with van der Waals surface area (Å²) >= 11 is 0. The van der Waals surface area contributed by atoms with Crippen molar-refractivity contribution in [2.24, 2.45) is 0 Å². The van der Waals surface area contributed by atoms with E-state index in [4.69, 9.17) is 0 Å². The minimum Gasteiger partial charge on any atom is 0.316 e. The fourth-order valence-electron chi connectivity index (χ4n) is 0. The van der Waals surface area contributed by atoms with Crippen LogP contribution in [0.15, 0.2) is 0 Å². The third-order valence-corrected chi connectivity index (χ3v) is 0. The predicted octanol–water partition coefficient (Wildman–Crippen LogP) is -3.66. The van der Waals surface area contributed by atoms with Crippen molar-refractivity contribution in [1.29, 1.82) is 0 Å². The topological polar surface area (TPSA) is 0 Å². The van der Waals surface area contributed by atoms with Crippen molar-refractivity contribution >= 4 is 122 Å². The summed E-state index contributed by atoms with van der Waals surface area (Å²) in [5.74, 6) is 0. The van der Waals surface area contributed by atoms with Gasteiger partial charge in [-0.25, -0.2) is 0 Å². The fourth-order valence-corrected chi connectivity index (χ4v) is 0. The van der Waals surface area contributed by atoms with Gasteiger partial charge in [0.15, 0.2) is 0 Å². The van der Waals surface area contributed by atoms with E-state index in [1.807, 2.05) is 0 Å². The molecule has 0 N–H and O–H groups in total. The van der Waals surface area contributed by atoms with E-state index in [0.717, 1.165) is 0 Å². The molecule has 0 nitrogen and oxygen atoms in total. The molecule has 0 fully saturated rings. The van der Waals surface area contributed by atoms with E-state index < -0.39 is 0 Å². The van der Waals surface area contributed by atoms with Gasteiger partial charge < -0.3 is 0 Å². The van der Waals surface area contributed by atoms with E-state index in [0.29, 0.717) is 0 Å². The normalized spacial score (nSPS) is 0. The average molecular weight is 137 g/mol. The zero-order valence-corrected chi connectivity index (χ0v) is 0. The molecule has 0 amide bonds. The maximum Gasteiger partial charge on any atom is 0.316 e. The van der Waals surface area contributed by atoms with Gasteiger partial charge in [0.2, 0.25) is 0 Å². The van der Waals surface area contributed by atoms with Crippen LogP contribution in [0.5, 0.6) is 0 Å². The van der Waals surface area contributed by atoms with Gasteiger partial charge in [-0.15, -0.1) is 0 Å². The molecule has 0 bridgehead atoms. The first kappa shape index (κ1) is 24.4. The molecule has 0 aromatic rings. The molecule has 0 aromatic heterocycles. The van der Waals surface area contributed by atoms with Crippen LogP contribution in [0.1, 0.15) is 0 Å². The molecule has 4 heavy (non-hydrogen) atoms. The largest absolute Gasteiger partial charge is 0.316 e. The van der Waals surface area contributed by atoms with Crippen molar-refractivity contribution in [1.82, 2.24) is 0 Å². The van der Waals surface area contributed by atoms with Crippen LogP contribution in [0, 0.1) is 0 Å². The molecule has 0 aromatic carbocycles. The molecule has 0 saturated carbocycles. The van der Waals surface area contributed by atoms with Gasteiger partial charge in [0.05, 0.1) is 0 Å². The quantitative estimate of drug-likeness (QED) is 0.302. The van der Waals surface area contributed by atoms with Crippen LogP contribution in [0.25, 0.3) is 0 Å². The van der Waals surface area contributed by atoms with E-state index in [2.05, 4.69) is 0 Å². The zero-order valence-electron chi connectivity index (χ0n) is 0. The van der Waals surface area contributed by atoms with E-state index in [9.17, 15) is 0 Å². The Morgan fingerprint density at radius 3 is 0.500 bits per heavy atom. The van der Waals surface area contributed by atoms with Gasteiger partial charge in [-0.2, -0.15) is 0 Å².